The Morgan fingerprint density at radius 2 is 2.15 bits per heavy atom. The van der Waals surface area contributed by atoms with E-state index in [0.29, 0.717) is 19.7 Å². The molecule has 1 saturated heterocycles. The number of nitrogens with two attached hydrogens (primary N) is 1. The second kappa shape index (κ2) is 4.08. The van der Waals surface area contributed by atoms with E-state index in [9.17, 15) is 9.59 Å². The molecule has 0 aromatic rings. The number of urea groups is 1. The summed E-state index contributed by atoms with van der Waals surface area (Å²) in [5.74, 6) is -0.752. The molecule has 0 aromatic carbocycles. The molecule has 6 nitrogen and oxygen atoms in total. The Balaban J connectivity index is 2.02. The Morgan fingerprint density at radius 1 is 1.54 bits per heavy atom. The molecule has 3 N–H and O–H groups in total. The maximum Gasteiger partial charge on any atom is 0.329 e. The molecule has 2 amide bonds. The number of amides is 2. The SMILES string of the molecule is NC(=O)N1CC(COCC(=O)O)C1. The van der Waals surface area contributed by atoms with Crippen LogP contribution in [0, 0.1) is 5.92 Å². The number of aliphatic carboxylic acids is 1. The van der Waals surface area contributed by atoms with Gasteiger partial charge in [-0.2, -0.15) is 0 Å². The average molecular weight is 188 g/mol. The molecule has 0 unspecified atom stereocenters. The van der Waals surface area contributed by atoms with Crippen LogP contribution in [0.15, 0.2) is 0 Å². The van der Waals surface area contributed by atoms with Crippen molar-refractivity contribution in [1.29, 1.82) is 0 Å². The first-order valence-corrected chi connectivity index (χ1v) is 3.93. The van der Waals surface area contributed by atoms with Crippen LogP contribution < -0.4 is 5.73 Å². The third-order valence-electron chi connectivity index (χ3n) is 1.85. The summed E-state index contributed by atoms with van der Waals surface area (Å²) in [7, 11) is 0. The molecule has 74 valence electrons. The van der Waals surface area contributed by atoms with Gasteiger partial charge in [0.2, 0.25) is 0 Å². The molecule has 1 fully saturated rings. The van der Waals surface area contributed by atoms with Crippen LogP contribution in [0.25, 0.3) is 0 Å². The molecule has 1 rings (SSSR count). The van der Waals surface area contributed by atoms with Gasteiger partial charge in [0, 0.05) is 19.0 Å². The molecule has 0 atom stereocenters. The van der Waals surface area contributed by atoms with Crippen LogP contribution in [0.4, 0.5) is 4.79 Å². The number of carboxylic acid groups (broad SMARTS) is 1. The van der Waals surface area contributed by atoms with E-state index in [2.05, 4.69) is 0 Å². The number of carbonyl (C=O) groups is 2. The van der Waals surface area contributed by atoms with Gasteiger partial charge >= 0.3 is 12.0 Å². The molecule has 0 spiro atoms. The monoisotopic (exact) mass is 188 g/mol. The third kappa shape index (κ3) is 2.90. The van der Waals surface area contributed by atoms with Crippen molar-refractivity contribution in [3.8, 4) is 0 Å². The zero-order chi connectivity index (χ0) is 9.84. The van der Waals surface area contributed by atoms with Crippen molar-refractivity contribution in [1.82, 2.24) is 4.90 Å². The van der Waals surface area contributed by atoms with Gasteiger partial charge in [-0.15, -0.1) is 0 Å². The van der Waals surface area contributed by atoms with Gasteiger partial charge in [0.15, 0.2) is 0 Å². The second-order valence-corrected chi connectivity index (χ2v) is 3.02. The first-order valence-electron chi connectivity index (χ1n) is 3.93. The van der Waals surface area contributed by atoms with Gasteiger partial charge in [-0.05, 0) is 0 Å². The molecule has 0 aliphatic carbocycles. The fourth-order valence-corrected chi connectivity index (χ4v) is 1.17. The van der Waals surface area contributed by atoms with Crippen molar-refractivity contribution in [3.05, 3.63) is 0 Å². The van der Waals surface area contributed by atoms with E-state index in [4.69, 9.17) is 15.6 Å². The minimum Gasteiger partial charge on any atom is -0.480 e. The molecular weight excluding hydrogens is 176 g/mol. The quantitative estimate of drug-likeness (QED) is 0.597. The van der Waals surface area contributed by atoms with Crippen molar-refractivity contribution in [2.24, 2.45) is 11.7 Å². The number of hydrogen-bond donors (Lipinski definition) is 2. The number of primary amides is 1. The Hall–Kier alpha value is -1.30. The number of likely N-dealkylation sites (tertiary alicyclic amines) is 1. The Labute approximate surface area is 75.3 Å². The molecule has 1 aliphatic rings. The minimum atomic E-state index is -0.980. The topological polar surface area (TPSA) is 92.9 Å². The molecule has 0 saturated carbocycles. The molecule has 0 aromatic heterocycles. The van der Waals surface area contributed by atoms with Crippen LogP contribution in [0.5, 0.6) is 0 Å². The normalized spacial score (nSPS) is 16.8. The molecule has 6 heteroatoms. The molecule has 13 heavy (non-hydrogen) atoms. The number of carbonyl (C=O) groups excluding carboxylic acids is 1. The predicted octanol–water partition coefficient (Wildman–Crippen LogP) is -0.902. The number of nitrogens with zero attached hydrogens (tertiary/aromatic N) is 1. The lowest BCUT2D eigenvalue weighted by Crippen LogP contribution is -2.53. The van der Waals surface area contributed by atoms with Crippen LogP contribution in [-0.2, 0) is 9.53 Å². The summed E-state index contributed by atoms with van der Waals surface area (Å²) >= 11 is 0. The standard InChI is InChI=1S/C7H12N2O4/c8-7(12)9-1-5(2-9)3-13-4-6(10)11/h5H,1-4H2,(H2,8,12)(H,10,11). The molecule has 1 aliphatic heterocycles. The lowest BCUT2D eigenvalue weighted by Gasteiger charge is -2.37. The van der Waals surface area contributed by atoms with Gasteiger partial charge in [0.1, 0.15) is 6.61 Å². The zero-order valence-corrected chi connectivity index (χ0v) is 7.10. The van der Waals surface area contributed by atoms with E-state index >= 15 is 0 Å². The third-order valence-corrected chi connectivity index (χ3v) is 1.85. The highest BCUT2D eigenvalue weighted by atomic mass is 16.5. The van der Waals surface area contributed by atoms with Gasteiger partial charge in [-0.1, -0.05) is 0 Å². The van der Waals surface area contributed by atoms with Gasteiger partial charge in [-0.25, -0.2) is 9.59 Å². The number of carboxylic acids is 1. The predicted molar refractivity (Wildman–Crippen MR) is 43.1 cm³/mol. The molecule has 0 radical (unpaired) electrons. The maximum absolute atomic E-state index is 10.5. The number of hydrogen-bond acceptors (Lipinski definition) is 3. The lowest BCUT2D eigenvalue weighted by molar-refractivity contribution is -0.143. The summed E-state index contributed by atoms with van der Waals surface area (Å²) in [5.41, 5.74) is 4.99. The largest absolute Gasteiger partial charge is 0.480 e. The summed E-state index contributed by atoms with van der Waals surface area (Å²) in [6, 6.07) is -0.436. The Morgan fingerprint density at radius 3 is 2.62 bits per heavy atom. The van der Waals surface area contributed by atoms with Crippen molar-refractivity contribution >= 4 is 12.0 Å². The van der Waals surface area contributed by atoms with Crippen molar-refractivity contribution in [3.63, 3.8) is 0 Å². The van der Waals surface area contributed by atoms with Crippen molar-refractivity contribution in [2.75, 3.05) is 26.3 Å². The van der Waals surface area contributed by atoms with Gasteiger partial charge in [-0.3, -0.25) is 0 Å². The van der Waals surface area contributed by atoms with Gasteiger partial charge in [0.05, 0.1) is 6.61 Å². The highest BCUT2D eigenvalue weighted by Gasteiger charge is 2.29. The van der Waals surface area contributed by atoms with Crippen LogP contribution in [0.2, 0.25) is 0 Å². The zero-order valence-electron chi connectivity index (χ0n) is 7.10. The Bertz CT molecular complexity index is 213. The van der Waals surface area contributed by atoms with Crippen LogP contribution in [0.1, 0.15) is 0 Å². The summed E-state index contributed by atoms with van der Waals surface area (Å²) in [6.07, 6.45) is 0. The first kappa shape index (κ1) is 9.79. The van der Waals surface area contributed by atoms with Crippen LogP contribution >= 0.6 is 0 Å². The first-order chi connectivity index (χ1) is 6.09. The highest BCUT2D eigenvalue weighted by Crippen LogP contribution is 2.14. The summed E-state index contributed by atoms with van der Waals surface area (Å²) in [5, 5.41) is 8.25. The van der Waals surface area contributed by atoms with Crippen LogP contribution in [-0.4, -0.2) is 48.3 Å². The summed E-state index contributed by atoms with van der Waals surface area (Å²) in [6.45, 7) is 1.22. The molecule has 0 bridgehead atoms. The number of rotatable bonds is 4. The lowest BCUT2D eigenvalue weighted by atomic mass is 10.0. The van der Waals surface area contributed by atoms with Crippen molar-refractivity contribution in [2.45, 2.75) is 0 Å². The highest BCUT2D eigenvalue weighted by molar-refractivity contribution is 5.72. The average Bonchev–Trinajstić information content (AvgIpc) is 1.92. The summed E-state index contributed by atoms with van der Waals surface area (Å²) < 4.78 is 4.85. The second-order valence-electron chi connectivity index (χ2n) is 3.02. The van der Waals surface area contributed by atoms with E-state index in [-0.39, 0.29) is 12.5 Å². The van der Waals surface area contributed by atoms with Gasteiger partial charge < -0.3 is 20.5 Å². The van der Waals surface area contributed by atoms with E-state index in [1.807, 2.05) is 0 Å². The van der Waals surface area contributed by atoms with E-state index in [0.717, 1.165) is 0 Å². The Kier molecular flexibility index (Phi) is 3.07. The van der Waals surface area contributed by atoms with E-state index < -0.39 is 12.0 Å². The fourth-order valence-electron chi connectivity index (χ4n) is 1.17. The van der Waals surface area contributed by atoms with Crippen LogP contribution in [0.3, 0.4) is 0 Å². The molecular formula is C7H12N2O4. The molecule has 1 heterocycles. The fraction of sp³-hybridized carbons (Fsp3) is 0.714. The van der Waals surface area contributed by atoms with E-state index in [1.165, 1.54) is 4.90 Å². The number of ether oxygens (including phenoxy) is 1. The smallest absolute Gasteiger partial charge is 0.329 e. The van der Waals surface area contributed by atoms with Crippen molar-refractivity contribution < 1.29 is 19.4 Å². The van der Waals surface area contributed by atoms with Gasteiger partial charge in [0.25, 0.3) is 0 Å². The summed E-state index contributed by atoms with van der Waals surface area (Å²) in [4.78, 5) is 22.1. The maximum atomic E-state index is 10.5. The minimum absolute atomic E-state index is 0.229. The van der Waals surface area contributed by atoms with E-state index in [1.54, 1.807) is 0 Å².